The van der Waals surface area contributed by atoms with Gasteiger partial charge < -0.3 is 15.4 Å². The van der Waals surface area contributed by atoms with E-state index in [1.165, 1.54) is 12.1 Å². The minimum absolute atomic E-state index is 0.0549. The zero-order chi connectivity index (χ0) is 17.2. The molecule has 0 radical (unpaired) electrons. The Morgan fingerprint density at radius 1 is 1.17 bits per heavy atom. The van der Waals surface area contributed by atoms with E-state index in [1.807, 2.05) is 6.92 Å². The average Bonchev–Trinajstić information content (AvgIpc) is 2.52. The number of carbonyl (C=O) groups is 3. The summed E-state index contributed by atoms with van der Waals surface area (Å²) < 4.78 is 30.3. The summed E-state index contributed by atoms with van der Waals surface area (Å²) in [5.74, 6) is -4.09. The number of anilines is 1. The summed E-state index contributed by atoms with van der Waals surface area (Å²) >= 11 is 0. The maximum Gasteiger partial charge on any atom is 0.330 e. The molecule has 2 N–H and O–H groups in total. The molecule has 0 atom stereocenters. The van der Waals surface area contributed by atoms with Crippen molar-refractivity contribution in [2.24, 2.45) is 0 Å². The molecule has 6 nitrogen and oxygen atoms in total. The highest BCUT2D eigenvalue weighted by atomic mass is 19.2. The van der Waals surface area contributed by atoms with Crippen molar-refractivity contribution in [1.82, 2.24) is 5.32 Å². The lowest BCUT2D eigenvalue weighted by Gasteiger charge is -2.07. The fraction of sp³-hybridized carbons (Fsp3) is 0.267. The molecule has 1 rings (SSSR count). The first-order valence-corrected chi connectivity index (χ1v) is 6.77. The molecule has 0 fully saturated rings. The Morgan fingerprint density at radius 3 is 2.57 bits per heavy atom. The van der Waals surface area contributed by atoms with Crippen LogP contribution in [-0.4, -0.2) is 30.9 Å². The van der Waals surface area contributed by atoms with Gasteiger partial charge in [0.1, 0.15) is 0 Å². The Kier molecular flexibility index (Phi) is 7.38. The van der Waals surface area contributed by atoms with Crippen molar-refractivity contribution in [2.45, 2.75) is 13.3 Å². The van der Waals surface area contributed by atoms with Gasteiger partial charge in [0.2, 0.25) is 5.91 Å². The van der Waals surface area contributed by atoms with Crippen molar-refractivity contribution in [3.8, 4) is 0 Å². The highest BCUT2D eigenvalue weighted by Gasteiger charge is 2.09. The number of halogens is 2. The number of amides is 2. The van der Waals surface area contributed by atoms with Crippen LogP contribution in [0.2, 0.25) is 0 Å². The van der Waals surface area contributed by atoms with Gasteiger partial charge in [-0.1, -0.05) is 13.0 Å². The third kappa shape index (κ3) is 7.16. The molecular weight excluding hydrogens is 310 g/mol. The van der Waals surface area contributed by atoms with Gasteiger partial charge in [0.05, 0.1) is 6.54 Å². The summed E-state index contributed by atoms with van der Waals surface area (Å²) in [5, 5.41) is 4.50. The molecule has 0 saturated heterocycles. The highest BCUT2D eigenvalue weighted by molar-refractivity contribution is 5.95. The monoisotopic (exact) mass is 326 g/mol. The van der Waals surface area contributed by atoms with E-state index in [-0.39, 0.29) is 5.69 Å². The van der Waals surface area contributed by atoms with Gasteiger partial charge in [-0.3, -0.25) is 9.59 Å². The Hall–Kier alpha value is -2.77. The maximum atomic E-state index is 13.0. The maximum absolute atomic E-state index is 13.0. The van der Waals surface area contributed by atoms with Gasteiger partial charge >= 0.3 is 5.97 Å². The minimum Gasteiger partial charge on any atom is -0.452 e. The lowest BCUT2D eigenvalue weighted by Crippen LogP contribution is -2.35. The fourth-order valence-electron chi connectivity index (χ4n) is 1.41. The highest BCUT2D eigenvalue weighted by Crippen LogP contribution is 2.12. The van der Waals surface area contributed by atoms with Crippen LogP contribution >= 0.6 is 0 Å². The molecule has 0 saturated carbocycles. The average molecular weight is 326 g/mol. The Morgan fingerprint density at radius 2 is 1.91 bits per heavy atom. The summed E-state index contributed by atoms with van der Waals surface area (Å²) in [6, 6.07) is 2.86. The molecule has 23 heavy (non-hydrogen) atoms. The van der Waals surface area contributed by atoms with Crippen LogP contribution in [0.25, 0.3) is 0 Å². The third-order valence-corrected chi connectivity index (χ3v) is 2.48. The van der Waals surface area contributed by atoms with Crippen LogP contribution in [0.15, 0.2) is 30.4 Å². The third-order valence-electron chi connectivity index (χ3n) is 2.48. The SMILES string of the molecule is CC/C=C/C(=O)OCC(=O)NCC(=O)Nc1ccc(F)c(F)c1. The molecular formula is C15H16F2N2O4. The molecule has 1 aromatic carbocycles. The normalized spacial score (nSPS) is 10.4. The van der Waals surface area contributed by atoms with Gasteiger partial charge in [0.25, 0.3) is 5.91 Å². The smallest absolute Gasteiger partial charge is 0.330 e. The van der Waals surface area contributed by atoms with Crippen molar-refractivity contribution in [1.29, 1.82) is 0 Å². The quantitative estimate of drug-likeness (QED) is 0.588. The van der Waals surface area contributed by atoms with E-state index < -0.39 is 42.6 Å². The number of hydrogen-bond donors (Lipinski definition) is 2. The second kappa shape index (κ2) is 9.29. The molecule has 124 valence electrons. The molecule has 0 aliphatic heterocycles. The second-order valence-corrected chi connectivity index (χ2v) is 4.37. The lowest BCUT2D eigenvalue weighted by atomic mass is 10.3. The first kappa shape index (κ1) is 18.3. The molecule has 0 heterocycles. The standard InChI is InChI=1S/C15H16F2N2O4/c1-2-3-4-15(22)23-9-14(21)18-8-13(20)19-10-5-6-11(16)12(17)7-10/h3-7H,2,8-9H2,1H3,(H,18,21)(H,19,20)/b4-3+. The second-order valence-electron chi connectivity index (χ2n) is 4.37. The molecule has 0 aliphatic rings. The molecule has 2 amide bonds. The molecule has 0 unspecified atom stereocenters. The van der Waals surface area contributed by atoms with Crippen LogP contribution in [0, 0.1) is 11.6 Å². The summed E-state index contributed by atoms with van der Waals surface area (Å²) in [7, 11) is 0. The number of esters is 1. The predicted molar refractivity (Wildman–Crippen MR) is 78.4 cm³/mol. The van der Waals surface area contributed by atoms with Gasteiger partial charge in [-0.15, -0.1) is 0 Å². The summed E-state index contributed by atoms with van der Waals surface area (Å²) in [4.78, 5) is 34.0. The van der Waals surface area contributed by atoms with E-state index in [0.29, 0.717) is 6.42 Å². The topological polar surface area (TPSA) is 84.5 Å². The number of hydrogen-bond acceptors (Lipinski definition) is 4. The zero-order valence-corrected chi connectivity index (χ0v) is 12.4. The van der Waals surface area contributed by atoms with Crippen LogP contribution in [0.5, 0.6) is 0 Å². The van der Waals surface area contributed by atoms with Crippen LogP contribution < -0.4 is 10.6 Å². The molecule has 1 aromatic rings. The first-order chi connectivity index (χ1) is 10.9. The van der Waals surface area contributed by atoms with Crippen molar-refractivity contribution in [3.05, 3.63) is 42.0 Å². The lowest BCUT2D eigenvalue weighted by molar-refractivity contribution is -0.143. The van der Waals surface area contributed by atoms with E-state index in [1.54, 1.807) is 6.08 Å². The van der Waals surface area contributed by atoms with E-state index in [4.69, 9.17) is 0 Å². The van der Waals surface area contributed by atoms with E-state index in [0.717, 1.165) is 12.1 Å². The van der Waals surface area contributed by atoms with Crippen molar-refractivity contribution < 1.29 is 27.9 Å². The Balaban J connectivity index is 2.32. The molecule has 0 aromatic heterocycles. The van der Waals surface area contributed by atoms with E-state index in [2.05, 4.69) is 15.4 Å². The predicted octanol–water partition coefficient (Wildman–Crippen LogP) is 1.53. The van der Waals surface area contributed by atoms with Crippen LogP contribution in [0.4, 0.5) is 14.5 Å². The van der Waals surface area contributed by atoms with Crippen molar-refractivity contribution in [3.63, 3.8) is 0 Å². The van der Waals surface area contributed by atoms with Gasteiger partial charge in [0.15, 0.2) is 18.2 Å². The first-order valence-electron chi connectivity index (χ1n) is 6.77. The largest absolute Gasteiger partial charge is 0.452 e. The summed E-state index contributed by atoms with van der Waals surface area (Å²) in [6.45, 7) is 0.910. The summed E-state index contributed by atoms with van der Waals surface area (Å²) in [5.41, 5.74) is 0.0549. The van der Waals surface area contributed by atoms with Gasteiger partial charge in [-0.2, -0.15) is 0 Å². The van der Waals surface area contributed by atoms with Crippen molar-refractivity contribution >= 4 is 23.5 Å². The van der Waals surface area contributed by atoms with Crippen LogP contribution in [0.3, 0.4) is 0 Å². The zero-order valence-electron chi connectivity index (χ0n) is 12.4. The molecule has 0 bridgehead atoms. The summed E-state index contributed by atoms with van der Waals surface area (Å²) in [6.07, 6.45) is 3.43. The number of rotatable bonds is 7. The Bertz CT molecular complexity index is 617. The number of benzene rings is 1. The van der Waals surface area contributed by atoms with E-state index >= 15 is 0 Å². The number of carbonyl (C=O) groups excluding carboxylic acids is 3. The number of allylic oxidation sites excluding steroid dienone is 1. The minimum atomic E-state index is -1.10. The van der Waals surface area contributed by atoms with Gasteiger partial charge in [-0.25, -0.2) is 13.6 Å². The number of ether oxygens (including phenoxy) is 1. The molecule has 0 spiro atoms. The van der Waals surface area contributed by atoms with Gasteiger partial charge in [0, 0.05) is 17.8 Å². The molecule has 0 aliphatic carbocycles. The van der Waals surface area contributed by atoms with E-state index in [9.17, 15) is 23.2 Å². The van der Waals surface area contributed by atoms with Crippen LogP contribution in [0.1, 0.15) is 13.3 Å². The molecule has 8 heteroatoms. The number of nitrogens with one attached hydrogen (secondary N) is 2. The Labute approximate surface area is 131 Å². The van der Waals surface area contributed by atoms with Crippen molar-refractivity contribution in [2.75, 3.05) is 18.5 Å². The van der Waals surface area contributed by atoms with Gasteiger partial charge in [-0.05, 0) is 18.6 Å². The van der Waals surface area contributed by atoms with Crippen LogP contribution in [-0.2, 0) is 19.1 Å². The fourth-order valence-corrected chi connectivity index (χ4v) is 1.41.